The van der Waals surface area contributed by atoms with Gasteiger partial charge in [0.2, 0.25) is 5.60 Å². The van der Waals surface area contributed by atoms with E-state index in [-0.39, 0.29) is 29.6 Å². The highest BCUT2D eigenvalue weighted by Gasteiger charge is 2.65. The Morgan fingerprint density at radius 1 is 1.26 bits per heavy atom. The van der Waals surface area contributed by atoms with Gasteiger partial charge in [-0.25, -0.2) is 4.79 Å². The number of anilines is 2. The van der Waals surface area contributed by atoms with Crippen LogP contribution in [0.4, 0.5) is 24.5 Å². The van der Waals surface area contributed by atoms with Crippen LogP contribution in [0.15, 0.2) is 39.6 Å². The monoisotopic (exact) mass is 495 g/mol. The number of nitrogens with two attached hydrogens (primary N) is 1. The Hall–Kier alpha value is -3.11. The van der Waals surface area contributed by atoms with Crippen molar-refractivity contribution >= 4 is 39.7 Å². The number of aliphatic hydroxyl groups is 1. The van der Waals surface area contributed by atoms with Crippen molar-refractivity contribution in [1.82, 2.24) is 5.16 Å². The van der Waals surface area contributed by atoms with Crippen molar-refractivity contribution in [2.45, 2.75) is 44.4 Å². The number of aromatic nitrogens is 1. The number of fused-ring (bicyclic) bond motifs is 2. The third kappa shape index (κ3) is 3.70. The van der Waals surface area contributed by atoms with Crippen LogP contribution in [-0.4, -0.2) is 27.9 Å². The number of nitrogens with zero attached hydrogens (tertiary/aromatic N) is 1. The van der Waals surface area contributed by atoms with Gasteiger partial charge in [0.1, 0.15) is 0 Å². The smallest absolute Gasteiger partial charge is 0.398 e. The Labute approximate surface area is 196 Å². The van der Waals surface area contributed by atoms with E-state index < -0.39 is 35.1 Å². The van der Waals surface area contributed by atoms with Crippen molar-refractivity contribution in [3.63, 3.8) is 0 Å². The number of hydrogen-bond acceptors (Lipinski definition) is 6. The van der Waals surface area contributed by atoms with Crippen LogP contribution in [0.1, 0.15) is 36.1 Å². The number of rotatable bonds is 3. The molecule has 180 valence electrons. The molecule has 2 aromatic carbocycles. The molecule has 4 rings (SSSR count). The van der Waals surface area contributed by atoms with Gasteiger partial charge in [0.05, 0.1) is 11.1 Å². The fourth-order valence-corrected chi connectivity index (χ4v) is 5.07. The van der Waals surface area contributed by atoms with Gasteiger partial charge >= 0.3 is 11.8 Å². The van der Waals surface area contributed by atoms with Crippen LogP contribution in [0.5, 0.6) is 0 Å². The van der Waals surface area contributed by atoms with Gasteiger partial charge in [-0.05, 0) is 67.1 Å². The summed E-state index contributed by atoms with van der Waals surface area (Å²) in [6, 6.07) is 6.93. The van der Waals surface area contributed by atoms with Crippen molar-refractivity contribution in [1.29, 1.82) is 0 Å². The molecule has 0 spiro atoms. The minimum atomic E-state index is -5.28. The lowest BCUT2D eigenvalue weighted by Gasteiger charge is -2.42. The molecule has 1 aliphatic carbocycles. The number of benzene rings is 2. The number of aryl methyl sites for hydroxylation is 1. The van der Waals surface area contributed by atoms with Crippen LogP contribution < -0.4 is 16.7 Å². The molecular formula is C23H21ClF3N3O4. The van der Waals surface area contributed by atoms with Crippen LogP contribution >= 0.6 is 11.6 Å². The van der Waals surface area contributed by atoms with Crippen LogP contribution in [0.25, 0.3) is 10.8 Å². The van der Waals surface area contributed by atoms with Crippen LogP contribution in [-0.2, 0) is 11.2 Å². The van der Waals surface area contributed by atoms with Gasteiger partial charge in [0, 0.05) is 27.7 Å². The molecule has 1 heterocycles. The average molecular weight is 496 g/mol. The number of hydrogen-bond donors (Lipinski definition) is 3. The Morgan fingerprint density at radius 3 is 2.65 bits per heavy atom. The van der Waals surface area contributed by atoms with E-state index in [4.69, 9.17) is 17.3 Å². The SMILES string of the molecule is Cc1noc(=O)c2ccc(NC(=O)[C@](O)(C3CCc4c(Cl)ccc(N)c4C3C)C(F)(F)F)cc12. The van der Waals surface area contributed by atoms with Crippen LogP contribution in [0.3, 0.4) is 0 Å². The minimum absolute atomic E-state index is 0.0397. The van der Waals surface area contributed by atoms with Crippen molar-refractivity contribution in [3.8, 4) is 0 Å². The number of carbonyl (C=O) groups is 1. The molecule has 0 aliphatic heterocycles. The van der Waals surface area contributed by atoms with Gasteiger partial charge in [0.25, 0.3) is 5.91 Å². The van der Waals surface area contributed by atoms with Gasteiger partial charge < -0.3 is 20.7 Å². The van der Waals surface area contributed by atoms with Crippen molar-refractivity contribution in [2.75, 3.05) is 11.1 Å². The molecule has 1 aromatic heterocycles. The molecular weight excluding hydrogens is 475 g/mol. The zero-order chi connectivity index (χ0) is 25.0. The van der Waals surface area contributed by atoms with Gasteiger partial charge in [-0.3, -0.25) is 4.79 Å². The second kappa shape index (κ2) is 8.28. The summed E-state index contributed by atoms with van der Waals surface area (Å²) >= 11 is 6.22. The Kier molecular flexibility index (Phi) is 5.85. The molecule has 2 unspecified atom stereocenters. The molecule has 0 saturated heterocycles. The average Bonchev–Trinajstić information content (AvgIpc) is 2.77. The third-order valence-corrected chi connectivity index (χ3v) is 6.92. The standard InChI is InChI=1S/C23H21ClF3N3O4/c1-10-16(6-5-14-17(24)7-8-18(28)19(10)14)22(33,23(25,26)27)21(32)29-12-3-4-13-15(9-12)11(2)30-34-20(13)31/h3-4,7-10,16,33H,5-6,28H2,1-2H3,(H,29,32)/t10?,16?,22-/m1/s1. The topological polar surface area (TPSA) is 118 Å². The number of halogens is 4. The molecule has 7 nitrogen and oxygen atoms in total. The third-order valence-electron chi connectivity index (χ3n) is 6.57. The van der Waals surface area contributed by atoms with Crippen LogP contribution in [0.2, 0.25) is 5.02 Å². The Bertz CT molecular complexity index is 1360. The van der Waals surface area contributed by atoms with Crippen molar-refractivity contribution < 1.29 is 27.6 Å². The lowest BCUT2D eigenvalue weighted by Crippen LogP contribution is -2.61. The molecule has 3 aromatic rings. The first kappa shape index (κ1) is 24.0. The highest BCUT2D eigenvalue weighted by atomic mass is 35.5. The lowest BCUT2D eigenvalue weighted by atomic mass is 9.67. The number of amides is 1. The van der Waals surface area contributed by atoms with Gasteiger partial charge in [-0.15, -0.1) is 0 Å². The lowest BCUT2D eigenvalue weighted by molar-refractivity contribution is -0.269. The summed E-state index contributed by atoms with van der Waals surface area (Å²) in [4.78, 5) is 24.9. The van der Waals surface area contributed by atoms with Crippen molar-refractivity contribution in [3.05, 3.63) is 62.6 Å². The summed E-state index contributed by atoms with van der Waals surface area (Å²) < 4.78 is 47.6. The van der Waals surface area contributed by atoms with E-state index in [2.05, 4.69) is 15.0 Å². The van der Waals surface area contributed by atoms with E-state index in [0.717, 1.165) is 0 Å². The Balaban J connectivity index is 1.74. The summed E-state index contributed by atoms with van der Waals surface area (Å²) in [5, 5.41) is 17.6. The molecule has 4 N–H and O–H groups in total. The first-order valence-corrected chi connectivity index (χ1v) is 10.8. The summed E-state index contributed by atoms with van der Waals surface area (Å²) in [6.07, 6.45) is -5.30. The normalized spacial score (nSPS) is 20.0. The predicted molar refractivity (Wildman–Crippen MR) is 121 cm³/mol. The van der Waals surface area contributed by atoms with E-state index in [9.17, 15) is 27.9 Å². The zero-order valence-corrected chi connectivity index (χ0v) is 18.9. The quantitative estimate of drug-likeness (QED) is 0.465. The summed E-state index contributed by atoms with van der Waals surface area (Å²) in [5.41, 5.74) is 3.13. The highest BCUT2D eigenvalue weighted by Crippen LogP contribution is 2.50. The largest absolute Gasteiger partial charge is 0.426 e. The highest BCUT2D eigenvalue weighted by molar-refractivity contribution is 6.31. The molecule has 0 bridgehead atoms. The van der Waals surface area contributed by atoms with E-state index in [1.165, 1.54) is 31.2 Å². The summed E-state index contributed by atoms with van der Waals surface area (Å²) in [6.45, 7) is 3.03. The number of nitrogens with one attached hydrogen (secondary N) is 1. The molecule has 0 fully saturated rings. The molecule has 1 amide bonds. The zero-order valence-electron chi connectivity index (χ0n) is 18.2. The van der Waals surface area contributed by atoms with Crippen LogP contribution in [0, 0.1) is 12.8 Å². The van der Waals surface area contributed by atoms with Gasteiger partial charge in [0.15, 0.2) is 0 Å². The first-order chi connectivity index (χ1) is 15.9. The number of carbonyl (C=O) groups excluding carboxylic acids is 1. The fourth-order valence-electron chi connectivity index (χ4n) is 4.81. The fraction of sp³-hybridized carbons (Fsp3) is 0.348. The number of nitrogen functional groups attached to an aromatic ring is 1. The maximum Gasteiger partial charge on any atom is 0.426 e. The first-order valence-electron chi connectivity index (χ1n) is 10.4. The maximum absolute atomic E-state index is 14.3. The van der Waals surface area contributed by atoms with E-state index in [0.29, 0.717) is 27.2 Å². The second-order valence-corrected chi connectivity index (χ2v) is 8.90. The molecule has 0 radical (unpaired) electrons. The molecule has 0 saturated carbocycles. The number of alkyl halides is 3. The van der Waals surface area contributed by atoms with E-state index in [1.807, 2.05) is 0 Å². The maximum atomic E-state index is 14.3. The molecule has 11 heteroatoms. The molecule has 34 heavy (non-hydrogen) atoms. The van der Waals surface area contributed by atoms with Crippen molar-refractivity contribution in [2.24, 2.45) is 5.92 Å². The van der Waals surface area contributed by atoms with E-state index >= 15 is 0 Å². The summed E-state index contributed by atoms with van der Waals surface area (Å²) in [7, 11) is 0. The minimum Gasteiger partial charge on any atom is -0.398 e. The van der Waals surface area contributed by atoms with E-state index in [1.54, 1.807) is 13.0 Å². The molecule has 3 atom stereocenters. The second-order valence-electron chi connectivity index (χ2n) is 8.50. The summed E-state index contributed by atoms with van der Waals surface area (Å²) in [5.74, 6) is -4.06. The Morgan fingerprint density at radius 2 is 1.97 bits per heavy atom. The molecule has 1 aliphatic rings. The van der Waals surface area contributed by atoms with Gasteiger partial charge in [-0.2, -0.15) is 13.2 Å². The van der Waals surface area contributed by atoms with Gasteiger partial charge in [-0.1, -0.05) is 23.7 Å². The predicted octanol–water partition coefficient (Wildman–Crippen LogP) is 4.33.